The van der Waals surface area contributed by atoms with Crippen molar-refractivity contribution in [3.63, 3.8) is 0 Å². The van der Waals surface area contributed by atoms with Crippen molar-refractivity contribution < 1.29 is 26.7 Å². The number of carbonyl (C=O) groups excluding carboxylic acids is 1. The standard InChI is InChI=1S/C12H13F5N2O/c1-2-19(7-8-5-3-4-6-9(8)18)10(20)11(13,14)12(15,16)17/h3-6H,2,7,18H2,1H3. The Bertz CT molecular complexity index is 487. The van der Waals surface area contributed by atoms with Crippen LogP contribution in [0.4, 0.5) is 27.6 Å². The van der Waals surface area contributed by atoms with E-state index >= 15 is 0 Å². The van der Waals surface area contributed by atoms with Crippen LogP contribution in [0.5, 0.6) is 0 Å². The molecule has 0 fully saturated rings. The number of nitrogens with two attached hydrogens (primary N) is 1. The molecule has 0 unspecified atom stereocenters. The van der Waals surface area contributed by atoms with Gasteiger partial charge in [-0.15, -0.1) is 0 Å². The van der Waals surface area contributed by atoms with E-state index in [4.69, 9.17) is 5.73 Å². The predicted molar refractivity (Wildman–Crippen MR) is 62.9 cm³/mol. The van der Waals surface area contributed by atoms with Crippen LogP contribution in [0.1, 0.15) is 12.5 Å². The third-order valence-corrected chi connectivity index (χ3v) is 2.71. The molecule has 2 N–H and O–H groups in total. The SMILES string of the molecule is CCN(Cc1ccccc1N)C(=O)C(F)(F)C(F)(F)F. The van der Waals surface area contributed by atoms with Crippen molar-refractivity contribution in [2.24, 2.45) is 0 Å². The topological polar surface area (TPSA) is 46.3 Å². The Morgan fingerprint density at radius 2 is 1.75 bits per heavy atom. The van der Waals surface area contributed by atoms with E-state index in [0.29, 0.717) is 10.5 Å². The van der Waals surface area contributed by atoms with Crippen LogP contribution in [0.2, 0.25) is 0 Å². The first kappa shape index (κ1) is 16.2. The molecule has 1 aromatic rings. The van der Waals surface area contributed by atoms with Crippen molar-refractivity contribution in [1.29, 1.82) is 0 Å². The van der Waals surface area contributed by atoms with Crippen LogP contribution >= 0.6 is 0 Å². The fourth-order valence-corrected chi connectivity index (χ4v) is 1.53. The summed E-state index contributed by atoms with van der Waals surface area (Å²) < 4.78 is 62.6. The highest BCUT2D eigenvalue weighted by Crippen LogP contribution is 2.37. The minimum atomic E-state index is -5.92. The molecule has 0 aliphatic carbocycles. The number of halogens is 5. The number of amides is 1. The zero-order chi connectivity index (χ0) is 15.6. The summed E-state index contributed by atoms with van der Waals surface area (Å²) in [7, 11) is 0. The van der Waals surface area contributed by atoms with Crippen molar-refractivity contribution in [2.45, 2.75) is 25.6 Å². The number of benzene rings is 1. The molecule has 20 heavy (non-hydrogen) atoms. The van der Waals surface area contributed by atoms with Gasteiger partial charge < -0.3 is 10.6 Å². The van der Waals surface area contributed by atoms with Gasteiger partial charge in [-0.3, -0.25) is 4.79 Å². The zero-order valence-corrected chi connectivity index (χ0v) is 10.5. The average Bonchev–Trinajstić information content (AvgIpc) is 2.35. The molecule has 3 nitrogen and oxygen atoms in total. The van der Waals surface area contributed by atoms with E-state index < -0.39 is 24.6 Å². The number of nitrogen functional groups attached to an aromatic ring is 1. The monoisotopic (exact) mass is 296 g/mol. The Morgan fingerprint density at radius 1 is 1.20 bits per heavy atom. The van der Waals surface area contributed by atoms with Gasteiger partial charge >= 0.3 is 18.0 Å². The molecular weight excluding hydrogens is 283 g/mol. The van der Waals surface area contributed by atoms with Crippen LogP contribution < -0.4 is 5.73 Å². The van der Waals surface area contributed by atoms with Crippen LogP contribution in [0.15, 0.2) is 24.3 Å². The lowest BCUT2D eigenvalue weighted by Gasteiger charge is -2.27. The fraction of sp³-hybridized carbons (Fsp3) is 0.417. The quantitative estimate of drug-likeness (QED) is 0.686. The van der Waals surface area contributed by atoms with Crippen molar-refractivity contribution in [3.05, 3.63) is 29.8 Å². The maximum atomic E-state index is 13.0. The number of nitrogens with zero attached hydrogens (tertiary/aromatic N) is 1. The molecule has 0 aliphatic heterocycles. The molecule has 0 saturated carbocycles. The normalized spacial score (nSPS) is 12.3. The van der Waals surface area contributed by atoms with Crippen molar-refractivity contribution >= 4 is 11.6 Å². The number of carbonyl (C=O) groups is 1. The van der Waals surface area contributed by atoms with E-state index in [1.54, 1.807) is 12.1 Å². The average molecular weight is 296 g/mol. The lowest BCUT2D eigenvalue weighted by molar-refractivity contribution is -0.274. The number of rotatable bonds is 4. The molecule has 1 rings (SSSR count). The third-order valence-electron chi connectivity index (χ3n) is 2.71. The van der Waals surface area contributed by atoms with Gasteiger partial charge in [-0.25, -0.2) is 0 Å². The molecule has 8 heteroatoms. The third kappa shape index (κ3) is 3.17. The number of anilines is 1. The number of hydrogen-bond donors (Lipinski definition) is 1. The Balaban J connectivity index is 2.98. The molecule has 0 atom stereocenters. The lowest BCUT2D eigenvalue weighted by Crippen LogP contribution is -2.51. The molecule has 0 spiro atoms. The molecule has 1 aromatic carbocycles. The van der Waals surface area contributed by atoms with E-state index in [0.717, 1.165) is 0 Å². The maximum absolute atomic E-state index is 13.0. The smallest absolute Gasteiger partial charge is 0.398 e. The van der Waals surface area contributed by atoms with Gasteiger partial charge in [-0.2, -0.15) is 22.0 Å². The van der Waals surface area contributed by atoms with Crippen LogP contribution in [-0.2, 0) is 11.3 Å². The Kier molecular flexibility index (Phi) is 4.57. The van der Waals surface area contributed by atoms with Crippen molar-refractivity contribution in [2.75, 3.05) is 12.3 Å². The van der Waals surface area contributed by atoms with E-state index in [1.807, 2.05) is 0 Å². The Morgan fingerprint density at radius 3 is 2.20 bits per heavy atom. The summed E-state index contributed by atoms with van der Waals surface area (Å²) in [5.74, 6) is -7.69. The molecular formula is C12H13F5N2O. The second kappa shape index (κ2) is 5.64. The molecule has 0 saturated heterocycles. The largest absolute Gasteiger partial charge is 0.463 e. The van der Waals surface area contributed by atoms with E-state index in [2.05, 4.69) is 0 Å². The second-order valence-corrected chi connectivity index (χ2v) is 4.09. The van der Waals surface area contributed by atoms with Gasteiger partial charge in [0.05, 0.1) is 0 Å². The van der Waals surface area contributed by atoms with Gasteiger partial charge in [0.15, 0.2) is 0 Å². The summed E-state index contributed by atoms with van der Waals surface area (Å²) in [5, 5.41) is 0. The molecule has 0 aromatic heterocycles. The number of alkyl halides is 5. The highest BCUT2D eigenvalue weighted by atomic mass is 19.4. The summed E-state index contributed by atoms with van der Waals surface area (Å²) >= 11 is 0. The van der Waals surface area contributed by atoms with Gasteiger partial charge in [0.1, 0.15) is 0 Å². The van der Waals surface area contributed by atoms with Crippen molar-refractivity contribution in [1.82, 2.24) is 4.90 Å². The van der Waals surface area contributed by atoms with Crippen LogP contribution in [0.25, 0.3) is 0 Å². The minimum absolute atomic E-state index is 0.217. The van der Waals surface area contributed by atoms with E-state index in [1.165, 1.54) is 19.1 Å². The molecule has 0 radical (unpaired) electrons. The highest BCUT2D eigenvalue weighted by molar-refractivity contribution is 5.84. The van der Waals surface area contributed by atoms with Gasteiger partial charge in [-0.1, -0.05) is 18.2 Å². The van der Waals surface area contributed by atoms with Gasteiger partial charge in [0.2, 0.25) is 0 Å². The summed E-state index contributed by atoms with van der Waals surface area (Å²) in [6.07, 6.45) is -5.92. The molecule has 1 amide bonds. The lowest BCUT2D eigenvalue weighted by atomic mass is 10.1. The summed E-state index contributed by atoms with van der Waals surface area (Å²) in [6.45, 7) is 0.607. The predicted octanol–water partition coefficient (Wildman–Crippen LogP) is 2.81. The zero-order valence-electron chi connectivity index (χ0n) is 10.5. The van der Waals surface area contributed by atoms with Gasteiger partial charge in [0, 0.05) is 18.8 Å². The maximum Gasteiger partial charge on any atom is 0.463 e. The summed E-state index contributed by atoms with van der Waals surface area (Å²) in [5.41, 5.74) is 6.09. The van der Waals surface area contributed by atoms with Gasteiger partial charge in [0.25, 0.3) is 0 Å². The first-order valence-electron chi connectivity index (χ1n) is 5.68. The number of hydrogen-bond acceptors (Lipinski definition) is 2. The van der Waals surface area contributed by atoms with E-state index in [9.17, 15) is 26.7 Å². The highest BCUT2D eigenvalue weighted by Gasteiger charge is 2.64. The van der Waals surface area contributed by atoms with Crippen molar-refractivity contribution in [3.8, 4) is 0 Å². The van der Waals surface area contributed by atoms with E-state index in [-0.39, 0.29) is 12.2 Å². The first-order valence-corrected chi connectivity index (χ1v) is 5.68. The first-order chi connectivity index (χ1) is 9.11. The molecule has 0 heterocycles. The second-order valence-electron chi connectivity index (χ2n) is 4.09. The minimum Gasteiger partial charge on any atom is -0.398 e. The summed E-state index contributed by atoms with van der Waals surface area (Å²) in [6, 6.07) is 6.06. The van der Waals surface area contributed by atoms with Crippen LogP contribution in [0, 0.1) is 0 Å². The Labute approximate surface area is 112 Å². The number of para-hydroxylation sites is 1. The summed E-state index contributed by atoms with van der Waals surface area (Å²) in [4.78, 5) is 11.8. The Hall–Kier alpha value is -1.86. The molecule has 112 valence electrons. The van der Waals surface area contributed by atoms with Crippen LogP contribution in [-0.4, -0.2) is 29.5 Å². The van der Waals surface area contributed by atoms with Gasteiger partial charge in [-0.05, 0) is 18.6 Å². The molecule has 0 bridgehead atoms. The molecule has 0 aliphatic rings. The van der Waals surface area contributed by atoms with Crippen LogP contribution in [0.3, 0.4) is 0 Å². The fourth-order valence-electron chi connectivity index (χ4n) is 1.53.